The van der Waals surface area contributed by atoms with Gasteiger partial charge in [0.2, 0.25) is 0 Å². The van der Waals surface area contributed by atoms with Gasteiger partial charge < -0.3 is 10.5 Å². The van der Waals surface area contributed by atoms with Crippen molar-refractivity contribution in [2.75, 3.05) is 13.1 Å². The van der Waals surface area contributed by atoms with Gasteiger partial charge >= 0.3 is 0 Å². The summed E-state index contributed by atoms with van der Waals surface area (Å²) in [6.45, 7) is 9.94. The van der Waals surface area contributed by atoms with Crippen molar-refractivity contribution < 1.29 is 4.74 Å². The van der Waals surface area contributed by atoms with Gasteiger partial charge in [-0.25, -0.2) is 0 Å². The monoisotopic (exact) mass is 388 g/mol. The van der Waals surface area contributed by atoms with Crippen LogP contribution in [-0.2, 0) is 18.5 Å². The van der Waals surface area contributed by atoms with E-state index in [9.17, 15) is 0 Å². The molecule has 0 bridgehead atoms. The molecule has 3 nitrogen and oxygen atoms in total. The largest absolute Gasteiger partial charge is 0.457 e. The van der Waals surface area contributed by atoms with Gasteiger partial charge in [-0.3, -0.25) is 4.90 Å². The summed E-state index contributed by atoms with van der Waals surface area (Å²) >= 11 is 0. The number of benzene rings is 3. The predicted molar refractivity (Wildman–Crippen MR) is 121 cm³/mol. The molecule has 3 aromatic carbocycles. The number of para-hydroxylation sites is 1. The van der Waals surface area contributed by atoms with Gasteiger partial charge in [0.05, 0.1) is 0 Å². The van der Waals surface area contributed by atoms with Gasteiger partial charge in [-0.15, -0.1) is 0 Å². The molecule has 29 heavy (non-hydrogen) atoms. The summed E-state index contributed by atoms with van der Waals surface area (Å²) in [6, 6.07) is 27.1. The highest BCUT2D eigenvalue weighted by atomic mass is 16.5. The Bertz CT molecular complexity index is 883. The van der Waals surface area contributed by atoms with Crippen LogP contribution in [0.1, 0.15) is 37.5 Å². The molecule has 3 heteroatoms. The molecule has 0 fully saturated rings. The molecule has 3 rings (SSSR count). The van der Waals surface area contributed by atoms with Crippen molar-refractivity contribution in [2.24, 2.45) is 5.73 Å². The van der Waals surface area contributed by atoms with E-state index in [2.05, 4.69) is 62.1 Å². The van der Waals surface area contributed by atoms with Gasteiger partial charge in [0.15, 0.2) is 0 Å². The average Bonchev–Trinajstić information content (AvgIpc) is 2.69. The Balaban J connectivity index is 1.68. The zero-order valence-electron chi connectivity index (χ0n) is 17.8. The van der Waals surface area contributed by atoms with Gasteiger partial charge in [-0.2, -0.15) is 0 Å². The van der Waals surface area contributed by atoms with Crippen LogP contribution in [0.4, 0.5) is 0 Å². The molecule has 0 spiro atoms. The topological polar surface area (TPSA) is 38.5 Å². The third kappa shape index (κ3) is 6.45. The van der Waals surface area contributed by atoms with E-state index in [1.54, 1.807) is 0 Å². The van der Waals surface area contributed by atoms with Crippen molar-refractivity contribution >= 4 is 0 Å². The number of ether oxygens (including phenoxy) is 1. The molecule has 0 radical (unpaired) electrons. The van der Waals surface area contributed by atoms with Crippen molar-refractivity contribution in [3.05, 3.63) is 95.6 Å². The van der Waals surface area contributed by atoms with Crippen LogP contribution in [0.3, 0.4) is 0 Å². The lowest BCUT2D eigenvalue weighted by molar-refractivity contribution is 0.264. The fourth-order valence-electron chi connectivity index (χ4n) is 3.36. The van der Waals surface area contributed by atoms with Crippen LogP contribution in [0.25, 0.3) is 0 Å². The molecule has 0 aromatic heterocycles. The minimum Gasteiger partial charge on any atom is -0.457 e. The standard InChI is InChI=1S/C26H32N2O/c1-26(2,3)23-14-12-21(13-15-23)19-28(17-16-27)20-22-8-7-11-25(18-22)29-24-9-5-4-6-10-24/h4-15,18H,16-17,19-20,27H2,1-3H3. The van der Waals surface area contributed by atoms with E-state index in [1.165, 1.54) is 16.7 Å². The Morgan fingerprint density at radius 1 is 0.759 bits per heavy atom. The van der Waals surface area contributed by atoms with E-state index in [-0.39, 0.29) is 5.41 Å². The molecular weight excluding hydrogens is 356 g/mol. The fraction of sp³-hybridized carbons (Fsp3) is 0.308. The zero-order valence-corrected chi connectivity index (χ0v) is 17.8. The number of hydrogen-bond acceptors (Lipinski definition) is 3. The Morgan fingerprint density at radius 3 is 2.07 bits per heavy atom. The lowest BCUT2D eigenvalue weighted by Crippen LogP contribution is -2.28. The van der Waals surface area contributed by atoms with Crippen LogP contribution in [0, 0.1) is 0 Å². The number of nitrogens with zero attached hydrogens (tertiary/aromatic N) is 1. The molecule has 2 N–H and O–H groups in total. The molecule has 0 amide bonds. The van der Waals surface area contributed by atoms with E-state index < -0.39 is 0 Å². The van der Waals surface area contributed by atoms with E-state index in [1.807, 2.05) is 42.5 Å². The Hall–Kier alpha value is -2.62. The first kappa shape index (κ1) is 21.1. The molecule has 0 aliphatic heterocycles. The van der Waals surface area contributed by atoms with E-state index in [0.717, 1.165) is 31.1 Å². The average molecular weight is 389 g/mol. The van der Waals surface area contributed by atoms with Gasteiger partial charge in [-0.05, 0) is 46.4 Å². The van der Waals surface area contributed by atoms with Crippen molar-refractivity contribution in [3.8, 4) is 11.5 Å². The molecule has 0 atom stereocenters. The van der Waals surface area contributed by atoms with Gasteiger partial charge in [0.1, 0.15) is 11.5 Å². The Kier molecular flexibility index (Phi) is 7.08. The second-order valence-electron chi connectivity index (χ2n) is 8.51. The van der Waals surface area contributed by atoms with E-state index in [4.69, 9.17) is 10.5 Å². The SMILES string of the molecule is CC(C)(C)c1ccc(CN(CCN)Cc2cccc(Oc3ccccc3)c2)cc1. The Labute approximate surface area is 175 Å². The smallest absolute Gasteiger partial charge is 0.127 e. The van der Waals surface area contributed by atoms with Crippen molar-refractivity contribution in [1.82, 2.24) is 4.90 Å². The van der Waals surface area contributed by atoms with Gasteiger partial charge in [-0.1, -0.05) is 75.4 Å². The first-order valence-corrected chi connectivity index (χ1v) is 10.3. The summed E-state index contributed by atoms with van der Waals surface area (Å²) in [5, 5.41) is 0. The minimum atomic E-state index is 0.175. The first-order chi connectivity index (χ1) is 13.9. The van der Waals surface area contributed by atoms with Crippen LogP contribution < -0.4 is 10.5 Å². The highest BCUT2D eigenvalue weighted by Crippen LogP contribution is 2.24. The normalized spacial score (nSPS) is 11.6. The number of rotatable bonds is 8. The molecule has 0 aliphatic carbocycles. The minimum absolute atomic E-state index is 0.175. The van der Waals surface area contributed by atoms with Crippen molar-refractivity contribution in [3.63, 3.8) is 0 Å². The fourth-order valence-corrected chi connectivity index (χ4v) is 3.36. The first-order valence-electron chi connectivity index (χ1n) is 10.3. The third-order valence-corrected chi connectivity index (χ3v) is 4.96. The Morgan fingerprint density at radius 2 is 1.41 bits per heavy atom. The second-order valence-corrected chi connectivity index (χ2v) is 8.51. The molecule has 0 aliphatic rings. The predicted octanol–water partition coefficient (Wildman–Crippen LogP) is 5.74. The maximum absolute atomic E-state index is 5.98. The molecular formula is C26H32N2O. The van der Waals surface area contributed by atoms with Crippen molar-refractivity contribution in [2.45, 2.75) is 39.3 Å². The number of nitrogens with two attached hydrogens (primary N) is 1. The summed E-state index contributed by atoms with van der Waals surface area (Å²) in [5.74, 6) is 1.71. The van der Waals surface area contributed by atoms with Gasteiger partial charge in [0, 0.05) is 26.2 Å². The molecule has 0 saturated carbocycles. The maximum Gasteiger partial charge on any atom is 0.127 e. The summed E-state index contributed by atoms with van der Waals surface area (Å²) in [4.78, 5) is 2.38. The molecule has 152 valence electrons. The lowest BCUT2D eigenvalue weighted by Gasteiger charge is -2.23. The third-order valence-electron chi connectivity index (χ3n) is 4.96. The summed E-state index contributed by atoms with van der Waals surface area (Å²) in [6.07, 6.45) is 0. The summed E-state index contributed by atoms with van der Waals surface area (Å²) in [7, 11) is 0. The quantitative estimate of drug-likeness (QED) is 0.535. The van der Waals surface area contributed by atoms with Crippen LogP contribution in [-0.4, -0.2) is 18.0 Å². The highest BCUT2D eigenvalue weighted by Gasteiger charge is 2.13. The van der Waals surface area contributed by atoms with Crippen LogP contribution in [0.2, 0.25) is 0 Å². The van der Waals surface area contributed by atoms with Crippen LogP contribution in [0.15, 0.2) is 78.9 Å². The number of hydrogen-bond donors (Lipinski definition) is 1. The molecule has 3 aromatic rings. The molecule has 0 heterocycles. The second kappa shape index (κ2) is 9.73. The maximum atomic E-state index is 5.98. The van der Waals surface area contributed by atoms with E-state index in [0.29, 0.717) is 6.54 Å². The molecule has 0 saturated heterocycles. The van der Waals surface area contributed by atoms with Crippen molar-refractivity contribution in [1.29, 1.82) is 0 Å². The summed E-state index contributed by atoms with van der Waals surface area (Å²) in [5.41, 5.74) is 9.95. The summed E-state index contributed by atoms with van der Waals surface area (Å²) < 4.78 is 5.98. The lowest BCUT2D eigenvalue weighted by atomic mass is 9.87. The zero-order chi connectivity index (χ0) is 20.7. The van der Waals surface area contributed by atoms with Gasteiger partial charge in [0.25, 0.3) is 0 Å². The molecule has 0 unspecified atom stereocenters. The van der Waals surface area contributed by atoms with E-state index >= 15 is 0 Å². The highest BCUT2D eigenvalue weighted by molar-refractivity contribution is 5.34. The van der Waals surface area contributed by atoms with Crippen LogP contribution >= 0.6 is 0 Å². The van der Waals surface area contributed by atoms with Crippen LogP contribution in [0.5, 0.6) is 11.5 Å².